The molecule has 1 amide bonds. The van der Waals surface area contributed by atoms with E-state index in [1.54, 1.807) is 18.9 Å². The van der Waals surface area contributed by atoms with E-state index in [9.17, 15) is 9.59 Å². The van der Waals surface area contributed by atoms with Gasteiger partial charge in [0, 0.05) is 10.6 Å². The van der Waals surface area contributed by atoms with Gasteiger partial charge >= 0.3 is 5.97 Å². The number of ether oxygens (including phenoxy) is 2. The van der Waals surface area contributed by atoms with Crippen molar-refractivity contribution >= 4 is 29.3 Å². The van der Waals surface area contributed by atoms with Gasteiger partial charge in [-0.25, -0.2) is 0 Å². The number of carbonyl (C=O) groups excluding carboxylic acids is 2. The Hall–Kier alpha value is -2.47. The monoisotopic (exact) mass is 401 g/mol. The maximum Gasteiger partial charge on any atom is 0.307 e. The summed E-state index contributed by atoms with van der Waals surface area (Å²) in [4.78, 5) is 25.1. The van der Waals surface area contributed by atoms with E-state index < -0.39 is 11.9 Å². The van der Waals surface area contributed by atoms with Crippen molar-refractivity contribution in [2.45, 2.75) is 37.5 Å². The van der Waals surface area contributed by atoms with Gasteiger partial charge in [-0.1, -0.05) is 45.0 Å². The van der Waals surface area contributed by atoms with Crippen LogP contribution in [0.5, 0.6) is 5.75 Å². The number of esters is 1. The van der Waals surface area contributed by atoms with E-state index in [0.29, 0.717) is 17.2 Å². The highest BCUT2D eigenvalue weighted by Gasteiger charge is 2.17. The molecule has 2 rings (SSSR count). The second kappa shape index (κ2) is 10.2. The van der Waals surface area contributed by atoms with Gasteiger partial charge in [0.05, 0.1) is 19.2 Å². The molecule has 6 heteroatoms. The van der Waals surface area contributed by atoms with Crippen LogP contribution in [0.25, 0.3) is 0 Å². The highest BCUT2D eigenvalue weighted by molar-refractivity contribution is 7.99. The molecule has 2 aromatic rings. The van der Waals surface area contributed by atoms with Crippen molar-refractivity contribution in [3.63, 3.8) is 0 Å². The molecular formula is C22H27NO4S. The molecule has 0 radical (unpaired) electrons. The molecular weight excluding hydrogens is 374 g/mol. The predicted octanol–water partition coefficient (Wildman–Crippen LogP) is 4.66. The molecule has 0 aliphatic rings. The fourth-order valence-electron chi connectivity index (χ4n) is 2.45. The second-order valence-electron chi connectivity index (χ2n) is 7.29. The van der Waals surface area contributed by atoms with Crippen LogP contribution in [0.15, 0.2) is 53.4 Å². The number of amides is 1. The Morgan fingerprint density at radius 3 is 2.43 bits per heavy atom. The summed E-state index contributed by atoms with van der Waals surface area (Å²) in [5.74, 6) is 0.376. The quantitative estimate of drug-likeness (QED) is 0.515. The first-order chi connectivity index (χ1) is 13.3. The van der Waals surface area contributed by atoms with E-state index in [1.807, 2.05) is 48.5 Å². The third-order valence-electron chi connectivity index (χ3n) is 4.02. The zero-order chi connectivity index (χ0) is 20.6. The molecule has 150 valence electrons. The lowest BCUT2D eigenvalue weighted by molar-refractivity contribution is -0.146. The number of hydrogen-bond donors (Lipinski definition) is 1. The lowest BCUT2D eigenvalue weighted by atomic mass is 9.87. The first-order valence-electron chi connectivity index (χ1n) is 9.11. The molecule has 0 aliphatic carbocycles. The number of benzene rings is 2. The third-order valence-corrected chi connectivity index (χ3v) is 5.04. The Morgan fingerprint density at radius 1 is 1.07 bits per heavy atom. The summed E-state index contributed by atoms with van der Waals surface area (Å²) in [5.41, 5.74) is 1.57. The average Bonchev–Trinajstić information content (AvgIpc) is 2.66. The van der Waals surface area contributed by atoms with Crippen LogP contribution in [0, 0.1) is 0 Å². The molecule has 2 aromatic carbocycles. The molecule has 0 atom stereocenters. The molecule has 0 unspecified atom stereocenters. The fourth-order valence-corrected chi connectivity index (χ4v) is 3.30. The zero-order valence-electron chi connectivity index (χ0n) is 16.8. The summed E-state index contributed by atoms with van der Waals surface area (Å²) in [6, 6.07) is 15.5. The van der Waals surface area contributed by atoms with Crippen LogP contribution in [0.4, 0.5) is 5.69 Å². The van der Waals surface area contributed by atoms with Crippen molar-refractivity contribution in [1.29, 1.82) is 0 Å². The summed E-state index contributed by atoms with van der Waals surface area (Å²) >= 11 is 1.58. The van der Waals surface area contributed by atoms with Crippen molar-refractivity contribution < 1.29 is 19.1 Å². The molecule has 0 saturated carbocycles. The van der Waals surface area contributed by atoms with Gasteiger partial charge < -0.3 is 14.8 Å². The number of anilines is 1. The molecule has 0 aliphatic heterocycles. The number of thioether (sulfide) groups is 1. The highest BCUT2D eigenvalue weighted by atomic mass is 32.2. The van der Waals surface area contributed by atoms with Crippen molar-refractivity contribution in [2.75, 3.05) is 24.8 Å². The Labute approximate surface area is 170 Å². The molecule has 0 spiro atoms. The minimum atomic E-state index is -0.395. The molecule has 0 heterocycles. The number of hydrogen-bond acceptors (Lipinski definition) is 5. The van der Waals surface area contributed by atoms with Gasteiger partial charge in [0.2, 0.25) is 0 Å². The summed E-state index contributed by atoms with van der Waals surface area (Å²) in [5, 5.41) is 2.76. The third kappa shape index (κ3) is 6.93. The standard InChI is InChI=1S/C22H27NO4S/c1-22(2,3)16-10-11-19(26-4)18(14-16)23-20(24)15-27-21(25)12-13-28-17-8-6-5-7-9-17/h5-11,14H,12-13,15H2,1-4H3,(H,23,24). The van der Waals surface area contributed by atoms with Gasteiger partial charge in [-0.3, -0.25) is 9.59 Å². The average molecular weight is 402 g/mol. The number of rotatable bonds is 8. The molecule has 1 N–H and O–H groups in total. The molecule has 0 saturated heterocycles. The minimum absolute atomic E-state index is 0.0609. The molecule has 0 fully saturated rings. The number of nitrogens with one attached hydrogen (secondary N) is 1. The van der Waals surface area contributed by atoms with Crippen LogP contribution in [0.1, 0.15) is 32.8 Å². The van der Waals surface area contributed by atoms with Crippen molar-refractivity contribution in [3.8, 4) is 5.75 Å². The summed E-state index contributed by atoms with van der Waals surface area (Å²) in [6.07, 6.45) is 0.246. The van der Waals surface area contributed by atoms with Gasteiger partial charge in [0.1, 0.15) is 5.75 Å². The van der Waals surface area contributed by atoms with E-state index >= 15 is 0 Å². The van der Waals surface area contributed by atoms with Gasteiger partial charge in [0.25, 0.3) is 5.91 Å². The Bertz CT molecular complexity index is 800. The summed E-state index contributed by atoms with van der Waals surface area (Å²) < 4.78 is 10.4. The highest BCUT2D eigenvalue weighted by Crippen LogP contribution is 2.31. The van der Waals surface area contributed by atoms with E-state index in [0.717, 1.165) is 10.5 Å². The van der Waals surface area contributed by atoms with Gasteiger partial charge in [-0.05, 0) is 35.2 Å². The summed E-state index contributed by atoms with van der Waals surface area (Å²) in [7, 11) is 1.55. The van der Waals surface area contributed by atoms with Crippen LogP contribution in [-0.4, -0.2) is 31.3 Å². The molecule has 5 nitrogen and oxygen atoms in total. The Kier molecular flexibility index (Phi) is 7.93. The van der Waals surface area contributed by atoms with Crippen LogP contribution >= 0.6 is 11.8 Å². The van der Waals surface area contributed by atoms with Gasteiger partial charge in [-0.2, -0.15) is 0 Å². The van der Waals surface area contributed by atoms with Crippen LogP contribution in [0.2, 0.25) is 0 Å². The molecule has 28 heavy (non-hydrogen) atoms. The maximum absolute atomic E-state index is 12.2. The van der Waals surface area contributed by atoms with E-state index in [-0.39, 0.29) is 18.4 Å². The predicted molar refractivity (Wildman–Crippen MR) is 113 cm³/mol. The maximum atomic E-state index is 12.2. The topological polar surface area (TPSA) is 64.6 Å². The van der Waals surface area contributed by atoms with Crippen LogP contribution < -0.4 is 10.1 Å². The Balaban J connectivity index is 1.82. The second-order valence-corrected chi connectivity index (χ2v) is 8.45. The normalized spacial score (nSPS) is 11.0. The first kappa shape index (κ1) is 21.8. The largest absolute Gasteiger partial charge is 0.495 e. The Morgan fingerprint density at radius 2 is 1.79 bits per heavy atom. The van der Waals surface area contributed by atoms with Crippen LogP contribution in [-0.2, 0) is 19.7 Å². The van der Waals surface area contributed by atoms with Crippen LogP contribution in [0.3, 0.4) is 0 Å². The van der Waals surface area contributed by atoms with Gasteiger partial charge in [-0.15, -0.1) is 11.8 Å². The summed E-state index contributed by atoms with van der Waals surface area (Å²) in [6.45, 7) is 5.96. The number of methoxy groups -OCH3 is 1. The SMILES string of the molecule is COc1ccc(C(C)(C)C)cc1NC(=O)COC(=O)CCSc1ccccc1. The smallest absolute Gasteiger partial charge is 0.307 e. The lowest BCUT2D eigenvalue weighted by Gasteiger charge is -2.21. The molecule has 0 bridgehead atoms. The lowest BCUT2D eigenvalue weighted by Crippen LogP contribution is -2.22. The fraction of sp³-hybridized carbons (Fsp3) is 0.364. The van der Waals surface area contributed by atoms with Gasteiger partial charge in [0.15, 0.2) is 6.61 Å². The first-order valence-corrected chi connectivity index (χ1v) is 10.1. The van der Waals surface area contributed by atoms with Crippen molar-refractivity contribution in [3.05, 3.63) is 54.1 Å². The van der Waals surface area contributed by atoms with Crippen molar-refractivity contribution in [2.24, 2.45) is 0 Å². The van der Waals surface area contributed by atoms with E-state index in [4.69, 9.17) is 9.47 Å². The zero-order valence-corrected chi connectivity index (χ0v) is 17.6. The number of carbonyl (C=O) groups is 2. The van der Waals surface area contributed by atoms with E-state index in [2.05, 4.69) is 26.1 Å². The molecule has 0 aromatic heterocycles. The minimum Gasteiger partial charge on any atom is -0.495 e. The van der Waals surface area contributed by atoms with E-state index in [1.165, 1.54) is 0 Å². The van der Waals surface area contributed by atoms with Crippen molar-refractivity contribution in [1.82, 2.24) is 0 Å².